The fourth-order valence-electron chi connectivity index (χ4n) is 1.26. The van der Waals surface area contributed by atoms with Crippen molar-refractivity contribution in [2.45, 2.75) is 11.1 Å². The van der Waals surface area contributed by atoms with Gasteiger partial charge in [-0.25, -0.2) is 13.4 Å². The van der Waals surface area contributed by atoms with Crippen LogP contribution in [0.4, 0.5) is 11.4 Å². The van der Waals surface area contributed by atoms with Crippen molar-refractivity contribution in [3.63, 3.8) is 0 Å². The smallest absolute Gasteiger partial charge is 0.273 e. The molecule has 0 atom stereocenters. The monoisotopic (exact) mass is 303 g/mol. The summed E-state index contributed by atoms with van der Waals surface area (Å²) in [5, 5.41) is 0.987. The first-order chi connectivity index (χ1) is 8.38. The molecule has 0 saturated heterocycles. The number of nitrogen functional groups attached to an aromatic ring is 1. The normalized spacial score (nSPS) is 11.4. The van der Waals surface area contributed by atoms with E-state index in [1.165, 1.54) is 18.3 Å². The molecule has 0 spiro atoms. The summed E-state index contributed by atoms with van der Waals surface area (Å²) >= 11 is 6.93. The zero-order valence-corrected chi connectivity index (χ0v) is 11.7. The minimum atomic E-state index is -3.62. The summed E-state index contributed by atoms with van der Waals surface area (Å²) < 4.78 is 26.6. The summed E-state index contributed by atoms with van der Waals surface area (Å²) in [7, 11) is -3.62. The van der Waals surface area contributed by atoms with Crippen LogP contribution in [0.5, 0.6) is 0 Å². The first kappa shape index (κ1) is 13.1. The van der Waals surface area contributed by atoms with Crippen LogP contribution in [0.1, 0.15) is 5.01 Å². The number of anilines is 2. The second-order valence-corrected chi connectivity index (χ2v) is 7.09. The Hall–Kier alpha value is -1.31. The number of nitrogens with two attached hydrogens (primary N) is 1. The first-order valence-corrected chi connectivity index (χ1v) is 7.56. The van der Waals surface area contributed by atoms with Crippen LogP contribution in [-0.4, -0.2) is 13.4 Å². The molecule has 1 heterocycles. The van der Waals surface area contributed by atoms with Crippen molar-refractivity contribution in [2.24, 2.45) is 0 Å². The highest BCUT2D eigenvalue weighted by molar-refractivity contribution is 7.94. The van der Waals surface area contributed by atoms with Crippen LogP contribution < -0.4 is 10.5 Å². The molecule has 0 aliphatic rings. The lowest BCUT2D eigenvalue weighted by Crippen LogP contribution is -2.11. The molecule has 0 saturated carbocycles. The summed E-state index contributed by atoms with van der Waals surface area (Å²) in [6.07, 6.45) is 1.32. The molecular weight excluding hydrogens is 294 g/mol. The lowest BCUT2D eigenvalue weighted by Gasteiger charge is -2.07. The Morgan fingerprint density at radius 3 is 2.72 bits per heavy atom. The van der Waals surface area contributed by atoms with E-state index in [0.717, 1.165) is 11.3 Å². The molecule has 2 rings (SSSR count). The Labute approximate surface area is 114 Å². The average molecular weight is 304 g/mol. The Morgan fingerprint density at radius 2 is 2.17 bits per heavy atom. The SMILES string of the molecule is Cc1ncc(S(=O)(=O)Nc2ccc(N)c(Cl)c2)s1. The third-order valence-electron chi connectivity index (χ3n) is 2.12. The number of aryl methyl sites for hydroxylation is 1. The molecule has 0 bridgehead atoms. The van der Waals surface area contributed by atoms with Gasteiger partial charge >= 0.3 is 0 Å². The highest BCUT2D eigenvalue weighted by Gasteiger charge is 2.17. The molecule has 8 heteroatoms. The van der Waals surface area contributed by atoms with E-state index in [9.17, 15) is 8.42 Å². The van der Waals surface area contributed by atoms with Crippen molar-refractivity contribution < 1.29 is 8.42 Å². The molecule has 3 N–H and O–H groups in total. The van der Waals surface area contributed by atoms with Crippen molar-refractivity contribution >= 4 is 44.3 Å². The minimum absolute atomic E-state index is 0.160. The second-order valence-electron chi connectivity index (χ2n) is 3.54. The van der Waals surface area contributed by atoms with E-state index in [0.29, 0.717) is 21.4 Å². The van der Waals surface area contributed by atoms with E-state index in [1.807, 2.05) is 0 Å². The van der Waals surface area contributed by atoms with Crippen molar-refractivity contribution in [1.82, 2.24) is 4.98 Å². The van der Waals surface area contributed by atoms with Crippen LogP contribution in [0.3, 0.4) is 0 Å². The summed E-state index contributed by atoms with van der Waals surface area (Å²) in [5.41, 5.74) is 6.31. The number of nitrogens with zero attached hydrogens (tertiary/aromatic N) is 1. The Bertz CT molecular complexity index is 682. The summed E-state index contributed by atoms with van der Waals surface area (Å²) in [4.78, 5) is 3.91. The average Bonchev–Trinajstić information content (AvgIpc) is 2.71. The lowest BCUT2D eigenvalue weighted by molar-refractivity contribution is 0.603. The van der Waals surface area contributed by atoms with Crippen LogP contribution >= 0.6 is 22.9 Å². The molecule has 2 aromatic rings. The van der Waals surface area contributed by atoms with Gasteiger partial charge in [-0.05, 0) is 25.1 Å². The number of aromatic nitrogens is 1. The van der Waals surface area contributed by atoms with Gasteiger partial charge in [0.1, 0.15) is 0 Å². The van der Waals surface area contributed by atoms with Gasteiger partial charge in [0.25, 0.3) is 10.0 Å². The molecule has 0 unspecified atom stereocenters. The zero-order valence-electron chi connectivity index (χ0n) is 9.34. The Morgan fingerprint density at radius 1 is 1.44 bits per heavy atom. The number of hydrogen-bond donors (Lipinski definition) is 2. The van der Waals surface area contributed by atoms with Gasteiger partial charge < -0.3 is 5.73 Å². The Balaban J connectivity index is 2.30. The fraction of sp³-hybridized carbons (Fsp3) is 0.100. The maximum absolute atomic E-state index is 12.0. The molecule has 1 aromatic carbocycles. The van der Waals surface area contributed by atoms with E-state index in [4.69, 9.17) is 17.3 Å². The van der Waals surface area contributed by atoms with Crippen LogP contribution in [0.25, 0.3) is 0 Å². The third-order valence-corrected chi connectivity index (χ3v) is 5.20. The highest BCUT2D eigenvalue weighted by Crippen LogP contribution is 2.26. The summed E-state index contributed by atoms with van der Waals surface area (Å²) in [6, 6.07) is 4.55. The van der Waals surface area contributed by atoms with E-state index >= 15 is 0 Å². The number of halogens is 1. The topological polar surface area (TPSA) is 85.1 Å². The minimum Gasteiger partial charge on any atom is -0.398 e. The van der Waals surface area contributed by atoms with Crippen LogP contribution in [0.15, 0.2) is 28.6 Å². The first-order valence-electron chi connectivity index (χ1n) is 4.89. The van der Waals surface area contributed by atoms with Crippen LogP contribution in [0.2, 0.25) is 5.02 Å². The van der Waals surface area contributed by atoms with Gasteiger partial charge in [-0.15, -0.1) is 11.3 Å². The number of nitrogens with one attached hydrogen (secondary N) is 1. The Kier molecular flexibility index (Phi) is 3.47. The zero-order chi connectivity index (χ0) is 13.3. The number of benzene rings is 1. The van der Waals surface area contributed by atoms with Gasteiger partial charge in [0.2, 0.25) is 0 Å². The van der Waals surface area contributed by atoms with Gasteiger partial charge in [0.05, 0.1) is 27.6 Å². The van der Waals surface area contributed by atoms with Crippen molar-refractivity contribution in [3.05, 3.63) is 34.4 Å². The van der Waals surface area contributed by atoms with E-state index in [-0.39, 0.29) is 4.21 Å². The maximum Gasteiger partial charge on any atom is 0.273 e. The highest BCUT2D eigenvalue weighted by atomic mass is 35.5. The van der Waals surface area contributed by atoms with Crippen LogP contribution in [-0.2, 0) is 10.0 Å². The van der Waals surface area contributed by atoms with Crippen LogP contribution in [0, 0.1) is 6.92 Å². The standard InChI is InChI=1S/C10H10ClN3O2S2/c1-6-13-5-10(17-6)18(15,16)14-7-2-3-9(12)8(11)4-7/h2-5,14H,12H2,1H3. The molecule has 96 valence electrons. The maximum atomic E-state index is 12.0. The summed E-state index contributed by atoms with van der Waals surface area (Å²) in [5.74, 6) is 0. The molecular formula is C10H10ClN3O2S2. The van der Waals surface area contributed by atoms with E-state index < -0.39 is 10.0 Å². The van der Waals surface area contributed by atoms with Gasteiger partial charge in [0.15, 0.2) is 4.21 Å². The van der Waals surface area contributed by atoms with E-state index in [1.54, 1.807) is 13.0 Å². The third kappa shape index (κ3) is 2.74. The molecule has 0 aliphatic heterocycles. The van der Waals surface area contributed by atoms with Gasteiger partial charge in [-0.1, -0.05) is 11.6 Å². The van der Waals surface area contributed by atoms with Crippen molar-refractivity contribution in [2.75, 3.05) is 10.5 Å². The number of thiazole rings is 1. The van der Waals surface area contributed by atoms with Crippen molar-refractivity contribution in [1.29, 1.82) is 0 Å². The molecule has 0 radical (unpaired) electrons. The molecule has 1 aromatic heterocycles. The number of hydrogen-bond acceptors (Lipinski definition) is 5. The number of rotatable bonds is 3. The molecule has 0 amide bonds. The lowest BCUT2D eigenvalue weighted by atomic mass is 10.3. The van der Waals surface area contributed by atoms with E-state index in [2.05, 4.69) is 9.71 Å². The predicted molar refractivity (Wildman–Crippen MR) is 73.5 cm³/mol. The molecule has 0 aliphatic carbocycles. The van der Waals surface area contributed by atoms with Crippen molar-refractivity contribution in [3.8, 4) is 0 Å². The molecule has 18 heavy (non-hydrogen) atoms. The molecule has 5 nitrogen and oxygen atoms in total. The largest absolute Gasteiger partial charge is 0.398 e. The quantitative estimate of drug-likeness (QED) is 0.853. The molecule has 0 fully saturated rings. The predicted octanol–water partition coefficient (Wildman–Crippen LogP) is 2.49. The number of sulfonamides is 1. The van der Waals surface area contributed by atoms with Gasteiger partial charge in [-0.3, -0.25) is 4.72 Å². The fourth-order valence-corrected chi connectivity index (χ4v) is 3.60. The second kappa shape index (κ2) is 4.75. The van der Waals surface area contributed by atoms with Gasteiger partial charge in [0, 0.05) is 0 Å². The summed E-state index contributed by atoms with van der Waals surface area (Å²) in [6.45, 7) is 1.74. The van der Waals surface area contributed by atoms with Gasteiger partial charge in [-0.2, -0.15) is 0 Å².